The maximum atomic E-state index is 11.9. The first kappa shape index (κ1) is 14.6. The molecule has 1 heterocycles. The van der Waals surface area contributed by atoms with Crippen LogP contribution >= 0.6 is 27.5 Å². The van der Waals surface area contributed by atoms with E-state index in [-0.39, 0.29) is 18.2 Å². The molecule has 20 heavy (non-hydrogen) atoms. The van der Waals surface area contributed by atoms with Crippen LogP contribution in [0.4, 0.5) is 0 Å². The van der Waals surface area contributed by atoms with Gasteiger partial charge >= 0.3 is 5.97 Å². The highest BCUT2D eigenvalue weighted by Crippen LogP contribution is 2.21. The zero-order valence-electron chi connectivity index (χ0n) is 10.0. The van der Waals surface area contributed by atoms with Crippen molar-refractivity contribution in [2.24, 2.45) is 0 Å². The number of benzene rings is 1. The second-order valence-electron chi connectivity index (χ2n) is 3.88. The van der Waals surface area contributed by atoms with Crippen LogP contribution in [0.25, 0.3) is 0 Å². The number of carbonyl (C=O) groups excluding carboxylic acids is 1. The standard InChI is InChI=1S/C13H9BrClNO4/c14-7-1-3-9(10(15)5-7)12(17)16-6-8-2-4-11(20-8)13(18)19/h1-5H,6H2,(H,16,17)(H,18,19). The summed E-state index contributed by atoms with van der Waals surface area (Å²) in [6.07, 6.45) is 0. The van der Waals surface area contributed by atoms with Gasteiger partial charge in [0.15, 0.2) is 0 Å². The topological polar surface area (TPSA) is 79.5 Å². The van der Waals surface area contributed by atoms with Gasteiger partial charge in [-0.2, -0.15) is 0 Å². The Kier molecular flexibility index (Phi) is 4.46. The third-order valence-corrected chi connectivity index (χ3v) is 3.28. The monoisotopic (exact) mass is 357 g/mol. The largest absolute Gasteiger partial charge is 0.475 e. The van der Waals surface area contributed by atoms with Crippen LogP contribution in [-0.4, -0.2) is 17.0 Å². The second-order valence-corrected chi connectivity index (χ2v) is 5.20. The molecule has 0 atom stereocenters. The van der Waals surface area contributed by atoms with E-state index < -0.39 is 5.97 Å². The maximum absolute atomic E-state index is 11.9. The lowest BCUT2D eigenvalue weighted by Crippen LogP contribution is -2.22. The van der Waals surface area contributed by atoms with Gasteiger partial charge in [-0.15, -0.1) is 0 Å². The summed E-state index contributed by atoms with van der Waals surface area (Å²) in [7, 11) is 0. The molecule has 7 heteroatoms. The fourth-order valence-corrected chi connectivity index (χ4v) is 2.28. The summed E-state index contributed by atoms with van der Waals surface area (Å²) in [6, 6.07) is 7.73. The van der Waals surface area contributed by atoms with E-state index in [1.165, 1.54) is 12.1 Å². The number of carbonyl (C=O) groups is 2. The minimum absolute atomic E-state index is 0.0819. The minimum Gasteiger partial charge on any atom is -0.475 e. The van der Waals surface area contributed by atoms with E-state index in [9.17, 15) is 9.59 Å². The van der Waals surface area contributed by atoms with Gasteiger partial charge < -0.3 is 14.8 Å². The van der Waals surface area contributed by atoms with E-state index in [1.807, 2.05) is 0 Å². The molecule has 1 aromatic heterocycles. The SMILES string of the molecule is O=C(O)c1ccc(CNC(=O)c2ccc(Br)cc2Cl)o1. The Bertz CT molecular complexity index is 668. The number of furan rings is 1. The molecule has 0 radical (unpaired) electrons. The maximum Gasteiger partial charge on any atom is 0.371 e. The van der Waals surface area contributed by atoms with Crippen LogP contribution in [0.1, 0.15) is 26.7 Å². The second kappa shape index (κ2) is 6.11. The number of carboxylic acid groups (broad SMARTS) is 1. The van der Waals surface area contributed by atoms with Crippen molar-refractivity contribution in [2.45, 2.75) is 6.54 Å². The highest BCUT2D eigenvalue weighted by molar-refractivity contribution is 9.10. The Morgan fingerprint density at radius 2 is 2.05 bits per heavy atom. The van der Waals surface area contributed by atoms with Gasteiger partial charge in [0.2, 0.25) is 5.76 Å². The van der Waals surface area contributed by atoms with Crippen molar-refractivity contribution in [1.82, 2.24) is 5.32 Å². The number of rotatable bonds is 4. The van der Waals surface area contributed by atoms with E-state index in [4.69, 9.17) is 21.1 Å². The fourth-order valence-electron chi connectivity index (χ4n) is 1.52. The molecular formula is C13H9BrClNO4. The molecule has 1 aromatic carbocycles. The molecule has 0 aliphatic heterocycles. The van der Waals surface area contributed by atoms with E-state index in [0.29, 0.717) is 16.3 Å². The van der Waals surface area contributed by atoms with Crippen molar-refractivity contribution in [3.63, 3.8) is 0 Å². The molecule has 2 aromatic rings. The van der Waals surface area contributed by atoms with Crippen LogP contribution in [0, 0.1) is 0 Å². The number of amides is 1. The average Bonchev–Trinajstić information content (AvgIpc) is 2.85. The summed E-state index contributed by atoms with van der Waals surface area (Å²) in [6.45, 7) is 0.0819. The van der Waals surface area contributed by atoms with Crippen molar-refractivity contribution >= 4 is 39.4 Å². The van der Waals surface area contributed by atoms with Gasteiger partial charge in [0.05, 0.1) is 17.1 Å². The Balaban J connectivity index is 2.02. The molecule has 5 nitrogen and oxygen atoms in total. The van der Waals surface area contributed by atoms with E-state index >= 15 is 0 Å². The summed E-state index contributed by atoms with van der Waals surface area (Å²) in [5, 5.41) is 11.6. The first-order chi connectivity index (χ1) is 9.47. The number of hydrogen-bond donors (Lipinski definition) is 2. The number of halogens is 2. The fraction of sp³-hybridized carbons (Fsp3) is 0.0769. The highest BCUT2D eigenvalue weighted by atomic mass is 79.9. The zero-order chi connectivity index (χ0) is 14.7. The van der Waals surface area contributed by atoms with Gasteiger partial charge in [0, 0.05) is 4.47 Å². The Hall–Kier alpha value is -1.79. The molecule has 0 aliphatic rings. The van der Waals surface area contributed by atoms with Gasteiger partial charge in [-0.05, 0) is 30.3 Å². The average molecular weight is 359 g/mol. The van der Waals surface area contributed by atoms with Gasteiger partial charge in [-0.1, -0.05) is 27.5 Å². The Labute approximate surface area is 127 Å². The zero-order valence-corrected chi connectivity index (χ0v) is 12.4. The van der Waals surface area contributed by atoms with E-state index in [0.717, 1.165) is 4.47 Å². The molecule has 0 aliphatic carbocycles. The summed E-state index contributed by atoms with van der Waals surface area (Å²) in [4.78, 5) is 22.6. The predicted octanol–water partition coefficient (Wildman–Crippen LogP) is 3.32. The van der Waals surface area contributed by atoms with Gasteiger partial charge in [0.25, 0.3) is 5.91 Å². The summed E-state index contributed by atoms with van der Waals surface area (Å²) < 4.78 is 5.80. The summed E-state index contributed by atoms with van der Waals surface area (Å²) in [5.74, 6) is -1.34. The van der Waals surface area contributed by atoms with Crippen molar-refractivity contribution < 1.29 is 19.1 Å². The quantitative estimate of drug-likeness (QED) is 0.878. The van der Waals surface area contributed by atoms with Crippen molar-refractivity contribution in [3.05, 3.63) is 56.9 Å². The molecule has 0 unspecified atom stereocenters. The molecule has 0 fully saturated rings. The van der Waals surface area contributed by atoms with Crippen molar-refractivity contribution in [2.75, 3.05) is 0 Å². The molecular weight excluding hydrogens is 350 g/mol. The van der Waals surface area contributed by atoms with Crippen LogP contribution in [0.5, 0.6) is 0 Å². The number of hydrogen-bond acceptors (Lipinski definition) is 3. The van der Waals surface area contributed by atoms with Crippen LogP contribution in [0.2, 0.25) is 5.02 Å². The summed E-state index contributed by atoms with van der Waals surface area (Å²) >= 11 is 9.21. The Morgan fingerprint density at radius 3 is 2.65 bits per heavy atom. The first-order valence-electron chi connectivity index (χ1n) is 5.52. The number of aromatic carboxylic acids is 1. The lowest BCUT2D eigenvalue weighted by Gasteiger charge is -2.05. The van der Waals surface area contributed by atoms with Gasteiger partial charge in [-0.25, -0.2) is 4.79 Å². The van der Waals surface area contributed by atoms with E-state index in [1.54, 1.807) is 18.2 Å². The van der Waals surface area contributed by atoms with Crippen molar-refractivity contribution in [1.29, 1.82) is 0 Å². The molecule has 0 saturated heterocycles. The highest BCUT2D eigenvalue weighted by Gasteiger charge is 2.12. The molecule has 0 spiro atoms. The predicted molar refractivity (Wildman–Crippen MR) is 76.0 cm³/mol. The van der Waals surface area contributed by atoms with Gasteiger partial charge in [-0.3, -0.25) is 4.79 Å². The van der Waals surface area contributed by atoms with Gasteiger partial charge in [0.1, 0.15) is 5.76 Å². The van der Waals surface area contributed by atoms with Crippen LogP contribution in [0.3, 0.4) is 0 Å². The molecule has 2 rings (SSSR count). The molecule has 104 valence electrons. The third-order valence-electron chi connectivity index (χ3n) is 2.47. The normalized spacial score (nSPS) is 10.3. The third kappa shape index (κ3) is 3.40. The molecule has 0 bridgehead atoms. The van der Waals surface area contributed by atoms with E-state index in [2.05, 4.69) is 21.2 Å². The first-order valence-corrected chi connectivity index (χ1v) is 6.69. The smallest absolute Gasteiger partial charge is 0.371 e. The molecule has 2 N–H and O–H groups in total. The van der Waals surface area contributed by atoms with Crippen LogP contribution in [-0.2, 0) is 6.54 Å². The summed E-state index contributed by atoms with van der Waals surface area (Å²) in [5.41, 5.74) is 0.333. The number of nitrogens with one attached hydrogen (secondary N) is 1. The molecule has 1 amide bonds. The lowest BCUT2D eigenvalue weighted by molar-refractivity contribution is 0.0660. The molecule has 0 saturated carbocycles. The van der Waals surface area contributed by atoms with Crippen molar-refractivity contribution in [3.8, 4) is 0 Å². The minimum atomic E-state index is -1.15. The van der Waals surface area contributed by atoms with Crippen LogP contribution < -0.4 is 5.32 Å². The lowest BCUT2D eigenvalue weighted by atomic mass is 10.2. The van der Waals surface area contributed by atoms with Crippen LogP contribution in [0.15, 0.2) is 39.2 Å². The Morgan fingerprint density at radius 1 is 1.30 bits per heavy atom. The number of carboxylic acids is 1.